The maximum atomic E-state index is 6.44. The van der Waals surface area contributed by atoms with Crippen molar-refractivity contribution in [2.24, 2.45) is 0 Å². The van der Waals surface area contributed by atoms with Crippen LogP contribution < -0.4 is 0 Å². The fourth-order valence-electron chi connectivity index (χ4n) is 2.56. The molecule has 1 aliphatic carbocycles. The van der Waals surface area contributed by atoms with Gasteiger partial charge in [0.15, 0.2) is 8.32 Å². The summed E-state index contributed by atoms with van der Waals surface area (Å²) in [5.41, 5.74) is 1.23. The van der Waals surface area contributed by atoms with E-state index >= 15 is 0 Å². The summed E-state index contributed by atoms with van der Waals surface area (Å²) in [5.74, 6) is 1.21. The monoisotopic (exact) mass is 286 g/mol. The summed E-state index contributed by atoms with van der Waals surface area (Å²) >= 11 is 0. The van der Waals surface area contributed by atoms with Crippen LogP contribution in [0.25, 0.3) is 0 Å². The second-order valence-corrected chi connectivity index (χ2v) is 16.4. The van der Waals surface area contributed by atoms with Crippen molar-refractivity contribution in [2.45, 2.75) is 78.0 Å². The second-order valence-electron chi connectivity index (χ2n) is 7.56. The SMILES string of the molecule is CC1=C(O[Si](C)(C)C)CCC[C@@]1(C)O[Si](C)(C)C. The molecule has 0 aromatic rings. The van der Waals surface area contributed by atoms with Crippen LogP contribution in [0.2, 0.25) is 39.3 Å². The summed E-state index contributed by atoms with van der Waals surface area (Å²) in [6.07, 6.45) is 3.39. The van der Waals surface area contributed by atoms with Crippen molar-refractivity contribution in [1.29, 1.82) is 0 Å². The maximum Gasteiger partial charge on any atom is 0.241 e. The van der Waals surface area contributed by atoms with Gasteiger partial charge in [-0.05, 0) is 71.5 Å². The smallest absolute Gasteiger partial charge is 0.241 e. The van der Waals surface area contributed by atoms with E-state index in [1.54, 1.807) is 0 Å². The predicted octanol–water partition coefficient (Wildman–Crippen LogP) is 4.91. The number of allylic oxidation sites excluding steroid dienone is 1. The zero-order valence-corrected chi connectivity index (χ0v) is 15.4. The standard InChI is InChI=1S/C14H30O2Si2/c1-12-13(15-17(3,4)5)10-9-11-14(12,2)16-18(6,7)8/h9-11H2,1-8H3/t14-/m1/s1. The Labute approximate surface area is 115 Å². The Morgan fingerprint density at radius 2 is 1.56 bits per heavy atom. The lowest BCUT2D eigenvalue weighted by atomic mass is 9.85. The van der Waals surface area contributed by atoms with Gasteiger partial charge < -0.3 is 8.85 Å². The first-order valence-corrected chi connectivity index (χ1v) is 13.8. The van der Waals surface area contributed by atoms with Crippen molar-refractivity contribution in [3.05, 3.63) is 11.3 Å². The Morgan fingerprint density at radius 3 is 2.00 bits per heavy atom. The van der Waals surface area contributed by atoms with Crippen molar-refractivity contribution >= 4 is 16.6 Å². The molecule has 1 atom stereocenters. The Morgan fingerprint density at radius 1 is 1.00 bits per heavy atom. The van der Waals surface area contributed by atoms with Gasteiger partial charge in [-0.3, -0.25) is 0 Å². The van der Waals surface area contributed by atoms with E-state index in [0.717, 1.165) is 12.8 Å². The average molecular weight is 287 g/mol. The Bertz CT molecular complexity index is 337. The van der Waals surface area contributed by atoms with Gasteiger partial charge in [-0.2, -0.15) is 0 Å². The molecule has 2 nitrogen and oxygen atoms in total. The predicted molar refractivity (Wildman–Crippen MR) is 83.8 cm³/mol. The molecule has 18 heavy (non-hydrogen) atoms. The van der Waals surface area contributed by atoms with E-state index in [1.807, 2.05) is 0 Å². The summed E-state index contributed by atoms with van der Waals surface area (Å²) < 4.78 is 12.7. The Hall–Kier alpha value is -0.0662. The van der Waals surface area contributed by atoms with E-state index in [0.29, 0.717) is 0 Å². The zero-order valence-electron chi connectivity index (χ0n) is 13.4. The Balaban J connectivity index is 2.97. The minimum absolute atomic E-state index is 0.0995. The van der Waals surface area contributed by atoms with Gasteiger partial charge in [0.25, 0.3) is 0 Å². The van der Waals surface area contributed by atoms with Crippen LogP contribution in [0.15, 0.2) is 11.3 Å². The molecule has 0 aromatic carbocycles. The van der Waals surface area contributed by atoms with E-state index < -0.39 is 16.6 Å². The quantitative estimate of drug-likeness (QED) is 0.684. The highest BCUT2D eigenvalue weighted by molar-refractivity contribution is 6.70. The molecule has 0 saturated heterocycles. The van der Waals surface area contributed by atoms with Crippen LogP contribution in [-0.4, -0.2) is 22.2 Å². The van der Waals surface area contributed by atoms with Gasteiger partial charge in [-0.1, -0.05) is 0 Å². The van der Waals surface area contributed by atoms with Crippen LogP contribution in [0.5, 0.6) is 0 Å². The van der Waals surface area contributed by atoms with Gasteiger partial charge in [0, 0.05) is 6.42 Å². The van der Waals surface area contributed by atoms with Crippen molar-refractivity contribution in [1.82, 2.24) is 0 Å². The summed E-state index contributed by atoms with van der Waals surface area (Å²) in [7, 11) is -3.04. The van der Waals surface area contributed by atoms with Crippen LogP contribution in [0.1, 0.15) is 33.1 Å². The summed E-state index contributed by atoms with van der Waals surface area (Å²) in [5, 5.41) is 0. The lowest BCUT2D eigenvalue weighted by Crippen LogP contribution is -2.44. The van der Waals surface area contributed by atoms with Crippen LogP contribution in [0.3, 0.4) is 0 Å². The van der Waals surface area contributed by atoms with Crippen molar-refractivity contribution in [3.8, 4) is 0 Å². The highest BCUT2D eigenvalue weighted by atomic mass is 28.4. The molecule has 0 aromatic heterocycles. The van der Waals surface area contributed by atoms with Gasteiger partial charge >= 0.3 is 0 Å². The highest BCUT2D eigenvalue weighted by Gasteiger charge is 2.38. The first kappa shape index (κ1) is 16.0. The molecule has 0 fully saturated rings. The average Bonchev–Trinajstić information content (AvgIpc) is 2.08. The molecule has 106 valence electrons. The second kappa shape index (κ2) is 5.14. The molecular formula is C14H30O2Si2. The fourth-order valence-corrected chi connectivity index (χ4v) is 5.16. The molecule has 0 saturated carbocycles. The van der Waals surface area contributed by atoms with Gasteiger partial charge in [0.05, 0.1) is 11.4 Å². The van der Waals surface area contributed by atoms with E-state index in [2.05, 4.69) is 53.1 Å². The van der Waals surface area contributed by atoms with Crippen molar-refractivity contribution < 1.29 is 8.85 Å². The summed E-state index contributed by atoms with van der Waals surface area (Å²) in [4.78, 5) is 0. The largest absolute Gasteiger partial charge is 0.547 e. The molecular weight excluding hydrogens is 256 g/mol. The minimum Gasteiger partial charge on any atom is -0.547 e. The zero-order chi connectivity index (χ0) is 14.2. The van der Waals surface area contributed by atoms with Crippen molar-refractivity contribution in [2.75, 3.05) is 0 Å². The van der Waals surface area contributed by atoms with Gasteiger partial charge in [-0.25, -0.2) is 0 Å². The van der Waals surface area contributed by atoms with Gasteiger partial charge in [-0.15, -0.1) is 0 Å². The third-order valence-corrected chi connectivity index (χ3v) is 5.15. The lowest BCUT2D eigenvalue weighted by Gasteiger charge is -2.42. The highest BCUT2D eigenvalue weighted by Crippen LogP contribution is 2.39. The van der Waals surface area contributed by atoms with Crippen molar-refractivity contribution in [3.63, 3.8) is 0 Å². The molecule has 0 bridgehead atoms. The molecule has 0 N–H and O–H groups in total. The van der Waals surface area contributed by atoms with Crippen LogP contribution in [0.4, 0.5) is 0 Å². The minimum atomic E-state index is -1.53. The Kier molecular flexibility index (Phi) is 4.56. The lowest BCUT2D eigenvalue weighted by molar-refractivity contribution is 0.0906. The van der Waals surface area contributed by atoms with Crippen LogP contribution in [0, 0.1) is 0 Å². The third-order valence-electron chi connectivity index (χ3n) is 3.23. The van der Waals surface area contributed by atoms with E-state index in [1.165, 1.54) is 17.8 Å². The van der Waals surface area contributed by atoms with E-state index in [4.69, 9.17) is 8.85 Å². The molecule has 0 aliphatic heterocycles. The first-order valence-electron chi connectivity index (χ1n) is 7.02. The molecule has 1 rings (SSSR count). The molecule has 4 heteroatoms. The first-order chi connectivity index (χ1) is 7.93. The maximum absolute atomic E-state index is 6.44. The molecule has 0 heterocycles. The van der Waals surface area contributed by atoms with Crippen LogP contribution >= 0.6 is 0 Å². The third kappa shape index (κ3) is 4.55. The van der Waals surface area contributed by atoms with Gasteiger partial charge in [0.1, 0.15) is 0 Å². The number of hydrogen-bond acceptors (Lipinski definition) is 2. The summed E-state index contributed by atoms with van der Waals surface area (Å²) in [6, 6.07) is 0. The van der Waals surface area contributed by atoms with Crippen LogP contribution in [-0.2, 0) is 8.85 Å². The molecule has 0 radical (unpaired) electrons. The summed E-state index contributed by atoms with van der Waals surface area (Å²) in [6.45, 7) is 18.0. The normalized spacial score (nSPS) is 26.4. The number of hydrogen-bond donors (Lipinski definition) is 0. The molecule has 0 unspecified atom stereocenters. The molecule has 1 aliphatic rings. The molecule has 0 amide bonds. The fraction of sp³-hybridized carbons (Fsp3) is 0.857. The van der Waals surface area contributed by atoms with E-state index in [-0.39, 0.29) is 5.60 Å². The molecule has 0 spiro atoms. The topological polar surface area (TPSA) is 18.5 Å². The number of rotatable bonds is 4. The van der Waals surface area contributed by atoms with E-state index in [9.17, 15) is 0 Å². The van der Waals surface area contributed by atoms with Gasteiger partial charge in [0.2, 0.25) is 8.32 Å².